The van der Waals surface area contributed by atoms with Crippen LogP contribution in [0.2, 0.25) is 0 Å². The van der Waals surface area contributed by atoms with E-state index in [1.165, 1.54) is 4.31 Å². The third kappa shape index (κ3) is 6.90. The number of rotatable bonds is 10. The lowest BCUT2D eigenvalue weighted by Crippen LogP contribution is -2.52. The number of hydrogen-bond donors (Lipinski definition) is 2. The van der Waals surface area contributed by atoms with Crippen molar-refractivity contribution in [3.05, 3.63) is 29.8 Å². The summed E-state index contributed by atoms with van der Waals surface area (Å²) in [6.07, 6.45) is 0. The maximum Gasteiger partial charge on any atom is 0.315 e. The largest absolute Gasteiger partial charge is 0.379 e. The van der Waals surface area contributed by atoms with E-state index in [9.17, 15) is 13.2 Å². The van der Waals surface area contributed by atoms with Gasteiger partial charge in [0.1, 0.15) is 0 Å². The highest BCUT2D eigenvalue weighted by Gasteiger charge is 2.25. The zero-order valence-corrected chi connectivity index (χ0v) is 20.2. The molecule has 2 unspecified atom stereocenters. The Kier molecular flexibility index (Phi) is 9.74. The summed E-state index contributed by atoms with van der Waals surface area (Å²) >= 11 is 0. The number of urea groups is 1. The third-order valence-electron chi connectivity index (χ3n) is 5.83. The van der Waals surface area contributed by atoms with Crippen molar-refractivity contribution in [2.45, 2.75) is 51.6 Å². The van der Waals surface area contributed by atoms with Crippen LogP contribution in [0.3, 0.4) is 0 Å². The summed E-state index contributed by atoms with van der Waals surface area (Å²) in [4.78, 5) is 15.1. The molecule has 2 rings (SSSR count). The van der Waals surface area contributed by atoms with E-state index in [0.717, 1.165) is 31.9 Å². The van der Waals surface area contributed by atoms with Crippen LogP contribution in [-0.4, -0.2) is 75.6 Å². The predicted octanol–water partition coefficient (Wildman–Crippen LogP) is 2.43. The smallest absolute Gasteiger partial charge is 0.315 e. The van der Waals surface area contributed by atoms with Crippen molar-refractivity contribution in [3.63, 3.8) is 0 Å². The van der Waals surface area contributed by atoms with Gasteiger partial charge in [-0.15, -0.1) is 0 Å². The number of hydrogen-bond acceptors (Lipinski definition) is 5. The number of nitrogens with zero attached hydrogens (tertiary/aromatic N) is 2. The van der Waals surface area contributed by atoms with Gasteiger partial charge in [-0.1, -0.05) is 39.8 Å². The number of morpholine rings is 1. The van der Waals surface area contributed by atoms with E-state index in [0.29, 0.717) is 25.6 Å². The second-order valence-corrected chi connectivity index (χ2v) is 10.1. The van der Waals surface area contributed by atoms with Crippen LogP contribution in [0.5, 0.6) is 0 Å². The molecule has 1 aliphatic heterocycles. The Balaban J connectivity index is 1.93. The molecule has 1 aliphatic rings. The van der Waals surface area contributed by atoms with Crippen LogP contribution >= 0.6 is 0 Å². The lowest BCUT2D eigenvalue weighted by molar-refractivity contribution is 0.00718. The molecule has 2 amide bonds. The molecule has 0 aliphatic carbocycles. The van der Waals surface area contributed by atoms with Crippen molar-refractivity contribution in [1.82, 2.24) is 19.8 Å². The van der Waals surface area contributed by atoms with Crippen LogP contribution in [0.15, 0.2) is 29.2 Å². The monoisotopic (exact) mass is 454 g/mol. The van der Waals surface area contributed by atoms with E-state index in [2.05, 4.69) is 29.4 Å². The first-order valence-corrected chi connectivity index (χ1v) is 12.6. The summed E-state index contributed by atoms with van der Waals surface area (Å²) in [5.74, 6) is 0.413. The van der Waals surface area contributed by atoms with E-state index < -0.39 is 10.0 Å². The van der Waals surface area contributed by atoms with Crippen LogP contribution in [0.4, 0.5) is 4.79 Å². The molecule has 0 spiro atoms. The Morgan fingerprint density at radius 3 is 2.19 bits per heavy atom. The second-order valence-electron chi connectivity index (χ2n) is 8.19. The summed E-state index contributed by atoms with van der Waals surface area (Å²) < 4.78 is 32.1. The molecule has 1 fully saturated rings. The molecule has 9 heteroatoms. The molecule has 1 saturated heterocycles. The maximum atomic E-state index is 12.6. The van der Waals surface area contributed by atoms with E-state index in [4.69, 9.17) is 4.74 Å². The van der Waals surface area contributed by atoms with E-state index in [1.54, 1.807) is 24.3 Å². The van der Waals surface area contributed by atoms with Gasteiger partial charge in [0.05, 0.1) is 24.2 Å². The molecule has 8 nitrogen and oxygen atoms in total. The van der Waals surface area contributed by atoms with E-state index in [1.807, 2.05) is 20.8 Å². The van der Waals surface area contributed by atoms with Crippen LogP contribution in [0.1, 0.15) is 46.2 Å². The summed E-state index contributed by atoms with van der Waals surface area (Å²) in [6.45, 7) is 14.5. The van der Waals surface area contributed by atoms with Gasteiger partial charge < -0.3 is 15.4 Å². The fourth-order valence-electron chi connectivity index (χ4n) is 3.86. The molecule has 176 valence electrons. The van der Waals surface area contributed by atoms with Gasteiger partial charge in [-0.05, 0) is 30.5 Å². The molecule has 1 heterocycles. The number of carbonyl (C=O) groups is 1. The van der Waals surface area contributed by atoms with Gasteiger partial charge >= 0.3 is 6.03 Å². The first-order chi connectivity index (χ1) is 14.7. The Labute approximate surface area is 187 Å². The number of ether oxygens (including phenoxy) is 1. The fraction of sp³-hybridized carbons (Fsp3) is 0.682. The molecule has 2 N–H and O–H groups in total. The fourth-order valence-corrected chi connectivity index (χ4v) is 5.32. The van der Waals surface area contributed by atoms with Crippen molar-refractivity contribution in [2.24, 2.45) is 5.92 Å². The average Bonchev–Trinajstić information content (AvgIpc) is 2.75. The average molecular weight is 455 g/mol. The molecule has 2 atom stereocenters. The van der Waals surface area contributed by atoms with Gasteiger partial charge in [0.15, 0.2) is 0 Å². The number of benzene rings is 1. The lowest BCUT2D eigenvalue weighted by Gasteiger charge is -2.37. The van der Waals surface area contributed by atoms with Gasteiger partial charge in [0, 0.05) is 38.8 Å². The normalized spacial score (nSPS) is 17.5. The topological polar surface area (TPSA) is 91.0 Å². The number of nitrogens with one attached hydrogen (secondary N) is 2. The molecule has 1 aromatic carbocycles. The summed E-state index contributed by atoms with van der Waals surface area (Å²) in [6, 6.07) is 6.50. The Hall–Kier alpha value is -1.68. The predicted molar refractivity (Wildman–Crippen MR) is 123 cm³/mol. The molecule has 0 aromatic heterocycles. The molecule has 0 saturated carbocycles. The van der Waals surface area contributed by atoms with Gasteiger partial charge in [0.2, 0.25) is 10.0 Å². The molecule has 0 radical (unpaired) electrons. The Morgan fingerprint density at radius 2 is 1.68 bits per heavy atom. The van der Waals surface area contributed by atoms with Gasteiger partial charge in [-0.2, -0.15) is 4.31 Å². The summed E-state index contributed by atoms with van der Waals surface area (Å²) in [5, 5.41) is 5.94. The van der Waals surface area contributed by atoms with Crippen molar-refractivity contribution in [3.8, 4) is 0 Å². The minimum absolute atomic E-state index is 0.230. The molecule has 0 bridgehead atoms. The van der Waals surface area contributed by atoms with Crippen LogP contribution in [0.25, 0.3) is 0 Å². The van der Waals surface area contributed by atoms with Crippen molar-refractivity contribution in [2.75, 3.05) is 45.9 Å². The van der Waals surface area contributed by atoms with Gasteiger partial charge in [-0.3, -0.25) is 4.90 Å². The second kappa shape index (κ2) is 11.8. The van der Waals surface area contributed by atoms with Crippen LogP contribution in [-0.2, 0) is 14.8 Å². The number of sulfonamides is 1. The number of carbonyl (C=O) groups excluding carboxylic acids is 1. The van der Waals surface area contributed by atoms with Gasteiger partial charge in [0.25, 0.3) is 0 Å². The zero-order chi connectivity index (χ0) is 23.0. The zero-order valence-electron chi connectivity index (χ0n) is 19.4. The SMILES string of the molecule is CCN(CC)S(=O)(=O)c1ccc(C(C)NC(=O)NCC(C(C)C)N2CCOCC2)cc1. The van der Waals surface area contributed by atoms with Crippen molar-refractivity contribution < 1.29 is 17.9 Å². The maximum absolute atomic E-state index is 12.6. The number of amides is 2. The third-order valence-corrected chi connectivity index (χ3v) is 7.89. The highest BCUT2D eigenvalue weighted by Crippen LogP contribution is 2.19. The quantitative estimate of drug-likeness (QED) is 0.567. The molecule has 1 aromatic rings. The molecular weight excluding hydrogens is 416 g/mol. The van der Waals surface area contributed by atoms with Gasteiger partial charge in [-0.25, -0.2) is 13.2 Å². The van der Waals surface area contributed by atoms with E-state index in [-0.39, 0.29) is 23.0 Å². The molecule has 31 heavy (non-hydrogen) atoms. The minimum atomic E-state index is -3.48. The Morgan fingerprint density at radius 1 is 1.10 bits per heavy atom. The first kappa shape index (κ1) is 25.6. The van der Waals surface area contributed by atoms with Crippen LogP contribution < -0.4 is 10.6 Å². The highest BCUT2D eigenvalue weighted by atomic mass is 32.2. The summed E-state index contributed by atoms with van der Waals surface area (Å²) in [5.41, 5.74) is 0.849. The Bertz CT molecular complexity index is 788. The minimum Gasteiger partial charge on any atom is -0.379 e. The first-order valence-electron chi connectivity index (χ1n) is 11.2. The standard InChI is InChI=1S/C22H38N4O4S/c1-6-26(7-2)31(28,29)20-10-8-19(9-11-20)18(5)24-22(27)23-16-21(17(3)4)25-12-14-30-15-13-25/h8-11,17-18,21H,6-7,12-16H2,1-5H3,(H2,23,24,27). The lowest BCUT2D eigenvalue weighted by atomic mass is 10.0. The summed E-state index contributed by atoms with van der Waals surface area (Å²) in [7, 11) is -3.48. The van der Waals surface area contributed by atoms with E-state index >= 15 is 0 Å². The van der Waals surface area contributed by atoms with Crippen molar-refractivity contribution in [1.29, 1.82) is 0 Å². The molecular formula is C22H38N4O4S. The van der Waals surface area contributed by atoms with Crippen molar-refractivity contribution >= 4 is 16.1 Å². The van der Waals surface area contributed by atoms with Crippen LogP contribution in [0, 0.1) is 5.92 Å². The highest BCUT2D eigenvalue weighted by molar-refractivity contribution is 7.89.